The van der Waals surface area contributed by atoms with Crippen molar-refractivity contribution in [1.29, 1.82) is 0 Å². The van der Waals surface area contributed by atoms with Crippen LogP contribution in [0.2, 0.25) is 0 Å². The molecule has 0 fully saturated rings. The van der Waals surface area contributed by atoms with Gasteiger partial charge in [0.25, 0.3) is 11.8 Å². The second-order valence-corrected chi connectivity index (χ2v) is 7.88. The van der Waals surface area contributed by atoms with E-state index in [4.69, 9.17) is 9.47 Å². The molecule has 0 atom stereocenters. The molecule has 0 bridgehead atoms. The molecule has 0 aliphatic rings. The topological polar surface area (TPSA) is 76.7 Å². The summed E-state index contributed by atoms with van der Waals surface area (Å²) in [5.74, 6) is 0.576. The van der Waals surface area contributed by atoms with E-state index >= 15 is 0 Å². The molecule has 0 aromatic heterocycles. The summed E-state index contributed by atoms with van der Waals surface area (Å²) in [4.78, 5) is 23.8. The Labute approximate surface area is 183 Å². The number of benzene rings is 3. The summed E-state index contributed by atoms with van der Waals surface area (Å²) in [7, 11) is 0. The molecule has 2 amide bonds. The molecule has 0 radical (unpaired) electrons. The van der Waals surface area contributed by atoms with E-state index in [1.807, 2.05) is 54.6 Å². The highest BCUT2D eigenvalue weighted by Crippen LogP contribution is 2.28. The number of rotatable bonds is 7. The van der Waals surface area contributed by atoms with Crippen LogP contribution in [0.4, 0.5) is 0 Å². The quantitative estimate of drug-likeness (QED) is 0.503. The van der Waals surface area contributed by atoms with Crippen molar-refractivity contribution in [2.75, 3.05) is 13.2 Å². The van der Waals surface area contributed by atoms with Crippen LogP contribution in [-0.2, 0) is 9.59 Å². The fourth-order valence-corrected chi connectivity index (χ4v) is 3.27. The van der Waals surface area contributed by atoms with Crippen molar-refractivity contribution in [3.8, 4) is 11.5 Å². The Kier molecular flexibility index (Phi) is 7.30. The van der Waals surface area contributed by atoms with Crippen LogP contribution in [0.25, 0.3) is 10.8 Å². The predicted octanol–water partition coefficient (Wildman–Crippen LogP) is 4.33. The second-order valence-electron chi connectivity index (χ2n) is 7.03. The van der Waals surface area contributed by atoms with E-state index in [0.29, 0.717) is 17.4 Å². The van der Waals surface area contributed by atoms with E-state index in [-0.39, 0.29) is 13.2 Å². The van der Waals surface area contributed by atoms with Gasteiger partial charge < -0.3 is 9.47 Å². The molecular weight excluding hydrogens is 448 g/mol. The molecule has 0 spiro atoms. The Morgan fingerprint density at radius 1 is 0.867 bits per heavy atom. The van der Waals surface area contributed by atoms with Gasteiger partial charge >= 0.3 is 0 Å². The van der Waals surface area contributed by atoms with Gasteiger partial charge in [0.05, 0.1) is 4.47 Å². The first-order valence-electron chi connectivity index (χ1n) is 9.54. The molecule has 0 heterocycles. The summed E-state index contributed by atoms with van der Waals surface area (Å²) in [5.41, 5.74) is 5.78. The first-order valence-corrected chi connectivity index (χ1v) is 10.3. The molecule has 0 unspecified atom stereocenters. The lowest BCUT2D eigenvalue weighted by atomic mass is 10.0. The average Bonchev–Trinajstić information content (AvgIpc) is 2.75. The summed E-state index contributed by atoms with van der Waals surface area (Å²) < 4.78 is 11.7. The molecule has 0 aliphatic heterocycles. The average molecular weight is 471 g/mol. The third-order valence-corrected chi connectivity index (χ3v) is 5.03. The lowest BCUT2D eigenvalue weighted by Crippen LogP contribution is -2.45. The van der Waals surface area contributed by atoms with E-state index in [1.54, 1.807) is 6.07 Å². The lowest BCUT2D eigenvalue weighted by molar-refractivity contribution is -0.131. The fourth-order valence-electron chi connectivity index (χ4n) is 2.75. The van der Waals surface area contributed by atoms with E-state index in [1.165, 1.54) is 0 Å². The second kappa shape index (κ2) is 10.1. The highest BCUT2D eigenvalue weighted by molar-refractivity contribution is 9.10. The van der Waals surface area contributed by atoms with Gasteiger partial charge in [0.1, 0.15) is 11.5 Å². The van der Waals surface area contributed by atoms with Gasteiger partial charge in [-0.2, -0.15) is 0 Å². The van der Waals surface area contributed by atoms with E-state index in [2.05, 4.69) is 40.6 Å². The number of hydrogen-bond acceptors (Lipinski definition) is 4. The van der Waals surface area contributed by atoms with Crippen LogP contribution < -0.4 is 20.3 Å². The molecule has 0 saturated carbocycles. The van der Waals surface area contributed by atoms with Crippen molar-refractivity contribution in [1.82, 2.24) is 10.9 Å². The largest absolute Gasteiger partial charge is 0.484 e. The Morgan fingerprint density at radius 2 is 1.53 bits per heavy atom. The van der Waals surface area contributed by atoms with Crippen molar-refractivity contribution in [3.05, 3.63) is 70.7 Å². The maximum atomic E-state index is 11.9. The first-order chi connectivity index (χ1) is 14.4. The van der Waals surface area contributed by atoms with Crippen LogP contribution in [0, 0.1) is 0 Å². The summed E-state index contributed by atoms with van der Waals surface area (Å²) >= 11 is 3.44. The van der Waals surface area contributed by atoms with Gasteiger partial charge in [-0.3, -0.25) is 20.4 Å². The monoisotopic (exact) mass is 470 g/mol. The zero-order valence-electron chi connectivity index (χ0n) is 16.8. The molecule has 156 valence electrons. The van der Waals surface area contributed by atoms with Gasteiger partial charge in [0.15, 0.2) is 13.2 Å². The zero-order valence-corrected chi connectivity index (χ0v) is 18.4. The number of amides is 2. The smallest absolute Gasteiger partial charge is 0.276 e. The molecule has 6 nitrogen and oxygen atoms in total. The van der Waals surface area contributed by atoms with Gasteiger partial charge in [-0.1, -0.05) is 50.2 Å². The first kappa shape index (κ1) is 21.6. The molecule has 30 heavy (non-hydrogen) atoms. The van der Waals surface area contributed by atoms with Crippen molar-refractivity contribution in [3.63, 3.8) is 0 Å². The lowest BCUT2D eigenvalue weighted by Gasteiger charge is -2.12. The van der Waals surface area contributed by atoms with Crippen molar-refractivity contribution in [2.24, 2.45) is 0 Å². The van der Waals surface area contributed by atoms with Crippen LogP contribution in [0.3, 0.4) is 0 Å². The van der Waals surface area contributed by atoms with Gasteiger partial charge in [0.2, 0.25) is 0 Å². The summed E-state index contributed by atoms with van der Waals surface area (Å²) in [6, 6.07) is 19.2. The van der Waals surface area contributed by atoms with Gasteiger partial charge in [-0.25, -0.2) is 0 Å². The number of hydrogen-bond donors (Lipinski definition) is 2. The number of carbonyl (C=O) groups excluding carboxylic acids is 2. The minimum atomic E-state index is -0.478. The zero-order chi connectivity index (χ0) is 21.5. The van der Waals surface area contributed by atoms with E-state index in [0.717, 1.165) is 20.8 Å². The minimum absolute atomic E-state index is 0.221. The van der Waals surface area contributed by atoms with Gasteiger partial charge in [0, 0.05) is 0 Å². The number of nitrogens with one attached hydrogen (secondary N) is 2. The van der Waals surface area contributed by atoms with Gasteiger partial charge in [-0.05, 0) is 62.4 Å². The van der Waals surface area contributed by atoms with Crippen LogP contribution in [0.15, 0.2) is 65.1 Å². The van der Waals surface area contributed by atoms with E-state index < -0.39 is 11.8 Å². The van der Waals surface area contributed by atoms with Gasteiger partial charge in [-0.15, -0.1) is 0 Å². The summed E-state index contributed by atoms with van der Waals surface area (Å²) in [5, 5.41) is 2.11. The third kappa shape index (κ3) is 5.97. The standard InChI is InChI=1S/C23H23BrN2O4/c1-15(2)17-8-10-21(20(24)12-17)30-14-23(28)26-25-22(27)13-29-19-9-7-16-5-3-4-6-18(16)11-19/h3-12,15H,13-14H2,1-2H3,(H,25,27)(H,26,28). The number of fused-ring (bicyclic) bond motifs is 1. The molecule has 0 aliphatic carbocycles. The molecule has 2 N–H and O–H groups in total. The molecule has 0 saturated heterocycles. The van der Waals surface area contributed by atoms with Crippen molar-refractivity contribution >= 4 is 38.5 Å². The number of halogens is 1. The van der Waals surface area contributed by atoms with Crippen molar-refractivity contribution in [2.45, 2.75) is 19.8 Å². The van der Waals surface area contributed by atoms with Crippen molar-refractivity contribution < 1.29 is 19.1 Å². The Morgan fingerprint density at radius 3 is 2.20 bits per heavy atom. The Bertz CT molecular complexity index is 1050. The third-order valence-electron chi connectivity index (χ3n) is 4.41. The molecule has 3 aromatic rings. The van der Waals surface area contributed by atoms with Crippen LogP contribution in [-0.4, -0.2) is 25.0 Å². The SMILES string of the molecule is CC(C)c1ccc(OCC(=O)NNC(=O)COc2ccc3ccccc3c2)c(Br)c1. The normalized spacial score (nSPS) is 10.7. The molecular formula is C23H23BrN2O4. The minimum Gasteiger partial charge on any atom is -0.484 e. The predicted molar refractivity (Wildman–Crippen MR) is 119 cm³/mol. The Hall–Kier alpha value is -3.06. The Balaban J connectivity index is 1.41. The molecule has 3 rings (SSSR count). The summed E-state index contributed by atoms with van der Waals surface area (Å²) in [6.07, 6.45) is 0. The van der Waals surface area contributed by atoms with Crippen LogP contribution >= 0.6 is 15.9 Å². The number of ether oxygens (including phenoxy) is 2. The highest BCUT2D eigenvalue weighted by Gasteiger charge is 2.10. The number of carbonyl (C=O) groups is 2. The maximum Gasteiger partial charge on any atom is 0.276 e. The number of hydrazine groups is 1. The van der Waals surface area contributed by atoms with Crippen LogP contribution in [0.5, 0.6) is 11.5 Å². The van der Waals surface area contributed by atoms with Crippen LogP contribution in [0.1, 0.15) is 25.3 Å². The fraction of sp³-hybridized carbons (Fsp3) is 0.217. The molecule has 7 heteroatoms. The molecule has 3 aromatic carbocycles. The maximum absolute atomic E-state index is 11.9. The summed E-state index contributed by atoms with van der Waals surface area (Å²) in [6.45, 7) is 3.75. The van der Waals surface area contributed by atoms with E-state index in [9.17, 15) is 9.59 Å². The highest BCUT2D eigenvalue weighted by atomic mass is 79.9.